The molecule has 198 valence electrons. The van der Waals surface area contributed by atoms with Crippen molar-refractivity contribution < 1.29 is 13.9 Å². The zero-order valence-electron chi connectivity index (χ0n) is 22.2. The van der Waals surface area contributed by atoms with E-state index >= 15 is 0 Å². The number of carbonyl (C=O) groups excluding carboxylic acids is 1. The van der Waals surface area contributed by atoms with Crippen LogP contribution in [0.1, 0.15) is 0 Å². The molecule has 0 aliphatic carbocycles. The smallest absolute Gasteiger partial charge is 0.247 e. The summed E-state index contributed by atoms with van der Waals surface area (Å²) in [7, 11) is 9.34. The first-order valence-corrected chi connectivity index (χ1v) is 12.1. The number of ether oxygens (including phenoxy) is 1. The molecule has 4 aromatic rings. The lowest BCUT2D eigenvalue weighted by molar-refractivity contribution is -0.111. The molecule has 0 aliphatic heterocycles. The van der Waals surface area contributed by atoms with Gasteiger partial charge in [0.1, 0.15) is 11.6 Å². The van der Waals surface area contributed by atoms with E-state index in [-0.39, 0.29) is 11.7 Å². The number of nitrogens with zero attached hydrogens (tertiary/aromatic N) is 5. The van der Waals surface area contributed by atoms with Gasteiger partial charge in [0.2, 0.25) is 11.9 Å². The van der Waals surface area contributed by atoms with Crippen LogP contribution in [0.4, 0.5) is 27.4 Å². The summed E-state index contributed by atoms with van der Waals surface area (Å²) in [5.41, 5.74) is 3.87. The molecule has 38 heavy (non-hydrogen) atoms. The molecule has 0 bridgehead atoms. The molecule has 2 heterocycles. The molecule has 0 aliphatic rings. The molecule has 0 spiro atoms. The lowest BCUT2D eigenvalue weighted by Crippen LogP contribution is -2.29. The summed E-state index contributed by atoms with van der Waals surface area (Å²) >= 11 is 0. The number of aromatic nitrogens is 3. The Labute approximate surface area is 221 Å². The van der Waals surface area contributed by atoms with Gasteiger partial charge < -0.3 is 29.7 Å². The molecule has 2 aromatic carbocycles. The fourth-order valence-corrected chi connectivity index (χ4v) is 4.22. The Morgan fingerprint density at radius 3 is 2.68 bits per heavy atom. The van der Waals surface area contributed by atoms with Crippen LogP contribution in [0.25, 0.3) is 22.2 Å². The molecule has 0 fully saturated rings. The maximum absolute atomic E-state index is 14.4. The van der Waals surface area contributed by atoms with Crippen LogP contribution in [0.5, 0.6) is 5.75 Å². The standard InChI is InChI=1S/C28H32FN7O2/c1-7-26(37)31-22-15-23(25(38-6)16-24(22)35(4)14-13-34(2)3)33-28-30-12-11-21(32-28)19-17-36(5)27-18(19)9-8-10-20(27)29/h7-12,15-17H,1,13-14H2,2-6H3,(H,31,37)(H,30,32,33). The third-order valence-electron chi connectivity index (χ3n) is 6.19. The van der Waals surface area contributed by atoms with E-state index in [1.807, 2.05) is 44.4 Å². The molecule has 1 amide bonds. The van der Waals surface area contributed by atoms with Gasteiger partial charge in [-0.1, -0.05) is 18.7 Å². The number of para-hydroxylation sites is 1. The summed E-state index contributed by atoms with van der Waals surface area (Å²) in [6.45, 7) is 5.12. The molecule has 2 N–H and O–H groups in total. The number of methoxy groups -OCH3 is 1. The number of likely N-dealkylation sites (N-methyl/N-ethyl adjacent to an activating group) is 2. The predicted molar refractivity (Wildman–Crippen MR) is 151 cm³/mol. The van der Waals surface area contributed by atoms with Crippen LogP contribution in [0.3, 0.4) is 0 Å². The minimum Gasteiger partial charge on any atom is -0.494 e. The van der Waals surface area contributed by atoms with Crippen LogP contribution in [-0.2, 0) is 11.8 Å². The fourth-order valence-electron chi connectivity index (χ4n) is 4.22. The molecule has 0 unspecified atom stereocenters. The Morgan fingerprint density at radius 1 is 1.18 bits per heavy atom. The lowest BCUT2D eigenvalue weighted by Gasteiger charge is -2.26. The predicted octanol–water partition coefficient (Wildman–Crippen LogP) is 4.65. The van der Waals surface area contributed by atoms with Crippen molar-refractivity contribution >= 4 is 39.8 Å². The first-order valence-electron chi connectivity index (χ1n) is 12.1. The van der Waals surface area contributed by atoms with Gasteiger partial charge >= 0.3 is 0 Å². The average molecular weight is 518 g/mol. The highest BCUT2D eigenvalue weighted by molar-refractivity contribution is 6.02. The molecule has 0 saturated carbocycles. The van der Waals surface area contributed by atoms with Crippen LogP contribution < -0.4 is 20.3 Å². The summed E-state index contributed by atoms with van der Waals surface area (Å²) < 4.78 is 21.9. The largest absolute Gasteiger partial charge is 0.494 e. The van der Waals surface area contributed by atoms with Crippen LogP contribution in [-0.4, -0.2) is 66.7 Å². The first-order chi connectivity index (χ1) is 18.2. The van der Waals surface area contributed by atoms with E-state index in [9.17, 15) is 9.18 Å². The monoisotopic (exact) mass is 517 g/mol. The average Bonchev–Trinajstić information content (AvgIpc) is 3.25. The van der Waals surface area contributed by atoms with Gasteiger partial charge in [-0.25, -0.2) is 14.4 Å². The number of carbonyl (C=O) groups is 1. The van der Waals surface area contributed by atoms with E-state index in [1.165, 1.54) is 12.1 Å². The zero-order chi connectivity index (χ0) is 27.4. The van der Waals surface area contributed by atoms with Crippen molar-refractivity contribution in [3.8, 4) is 17.0 Å². The summed E-state index contributed by atoms with van der Waals surface area (Å²) in [5.74, 6) is 0.251. The number of halogens is 1. The van der Waals surface area contributed by atoms with Gasteiger partial charge in [0, 0.05) is 56.6 Å². The van der Waals surface area contributed by atoms with E-state index < -0.39 is 0 Å². The SMILES string of the molecule is C=CC(=O)Nc1cc(Nc2nccc(-c3cn(C)c4c(F)cccc34)n2)c(OC)cc1N(C)CCN(C)C. The maximum atomic E-state index is 14.4. The molecule has 0 atom stereocenters. The maximum Gasteiger partial charge on any atom is 0.247 e. The van der Waals surface area contributed by atoms with Crippen molar-refractivity contribution in [2.45, 2.75) is 0 Å². The molecule has 0 saturated heterocycles. The van der Waals surface area contributed by atoms with E-state index in [0.29, 0.717) is 34.3 Å². The van der Waals surface area contributed by atoms with Crippen LogP contribution in [0.2, 0.25) is 0 Å². The zero-order valence-corrected chi connectivity index (χ0v) is 22.2. The Balaban J connectivity index is 1.72. The Hall–Kier alpha value is -4.44. The number of hydrogen-bond acceptors (Lipinski definition) is 7. The van der Waals surface area contributed by atoms with E-state index in [2.05, 4.69) is 32.1 Å². The molecule has 9 nitrogen and oxygen atoms in total. The summed E-state index contributed by atoms with van der Waals surface area (Å²) in [4.78, 5) is 25.4. The third kappa shape index (κ3) is 5.60. The number of aryl methyl sites for hydroxylation is 1. The van der Waals surface area contributed by atoms with Crippen molar-refractivity contribution in [1.82, 2.24) is 19.4 Å². The highest BCUT2D eigenvalue weighted by atomic mass is 19.1. The Kier molecular flexibility index (Phi) is 7.92. The van der Waals surface area contributed by atoms with Gasteiger partial charge in [-0.15, -0.1) is 0 Å². The van der Waals surface area contributed by atoms with E-state index in [1.54, 1.807) is 43.1 Å². The van der Waals surface area contributed by atoms with Gasteiger partial charge in [-0.3, -0.25) is 4.79 Å². The van der Waals surface area contributed by atoms with Crippen molar-refractivity contribution in [2.24, 2.45) is 7.05 Å². The van der Waals surface area contributed by atoms with Gasteiger partial charge in [0.05, 0.1) is 35.4 Å². The number of hydrogen-bond donors (Lipinski definition) is 2. The van der Waals surface area contributed by atoms with Gasteiger partial charge in [0.25, 0.3) is 0 Å². The number of anilines is 4. The second-order valence-corrected chi connectivity index (χ2v) is 9.17. The molecule has 2 aromatic heterocycles. The number of amides is 1. The Morgan fingerprint density at radius 2 is 1.97 bits per heavy atom. The van der Waals surface area contributed by atoms with Gasteiger partial charge in [-0.2, -0.15) is 0 Å². The molecular formula is C28H32FN7O2. The molecule has 0 radical (unpaired) electrons. The van der Waals surface area contributed by atoms with Crippen LogP contribution in [0, 0.1) is 5.82 Å². The summed E-state index contributed by atoms with van der Waals surface area (Å²) in [5, 5.41) is 6.86. The lowest BCUT2D eigenvalue weighted by atomic mass is 10.1. The normalized spacial score (nSPS) is 11.0. The molecule has 10 heteroatoms. The van der Waals surface area contributed by atoms with Crippen molar-refractivity contribution in [3.63, 3.8) is 0 Å². The third-order valence-corrected chi connectivity index (χ3v) is 6.19. The second kappa shape index (κ2) is 11.3. The van der Waals surface area contributed by atoms with Crippen LogP contribution in [0.15, 0.2) is 61.4 Å². The van der Waals surface area contributed by atoms with Gasteiger partial charge in [0.15, 0.2) is 0 Å². The van der Waals surface area contributed by atoms with Crippen LogP contribution >= 0.6 is 0 Å². The highest BCUT2D eigenvalue weighted by Crippen LogP contribution is 2.38. The van der Waals surface area contributed by atoms with E-state index in [0.717, 1.165) is 29.7 Å². The number of fused-ring (bicyclic) bond motifs is 1. The quantitative estimate of drug-likeness (QED) is 0.296. The number of rotatable bonds is 10. The topological polar surface area (TPSA) is 87.5 Å². The second-order valence-electron chi connectivity index (χ2n) is 9.17. The fraction of sp³-hybridized carbons (Fsp3) is 0.250. The summed E-state index contributed by atoms with van der Waals surface area (Å²) in [6.07, 6.45) is 4.71. The van der Waals surface area contributed by atoms with Crippen molar-refractivity contribution in [1.29, 1.82) is 0 Å². The minimum absolute atomic E-state index is 0.293. The minimum atomic E-state index is -0.329. The summed E-state index contributed by atoms with van der Waals surface area (Å²) in [6, 6.07) is 10.4. The number of benzene rings is 2. The first kappa shape index (κ1) is 26.6. The Bertz CT molecular complexity index is 1480. The molecule has 4 rings (SSSR count). The van der Waals surface area contributed by atoms with Crippen molar-refractivity contribution in [2.75, 3.05) is 56.9 Å². The highest BCUT2D eigenvalue weighted by Gasteiger charge is 2.18. The number of nitrogens with one attached hydrogen (secondary N) is 2. The van der Waals surface area contributed by atoms with Gasteiger partial charge in [-0.05, 0) is 38.4 Å². The van der Waals surface area contributed by atoms with E-state index in [4.69, 9.17) is 4.74 Å². The van der Waals surface area contributed by atoms with Crippen molar-refractivity contribution in [3.05, 3.63) is 67.3 Å². The molecular weight excluding hydrogens is 485 g/mol.